The van der Waals surface area contributed by atoms with Crippen LogP contribution >= 0.6 is 11.6 Å². The molecule has 1 atom stereocenters. The van der Waals surface area contributed by atoms with E-state index >= 15 is 0 Å². The molecule has 11 nitrogen and oxygen atoms in total. The maximum absolute atomic E-state index is 12.8. The molecule has 1 fully saturated rings. The van der Waals surface area contributed by atoms with E-state index in [2.05, 4.69) is 25.4 Å². The first kappa shape index (κ1) is 19.7. The van der Waals surface area contributed by atoms with Crippen LogP contribution in [0, 0.1) is 16.0 Å². The second kappa shape index (κ2) is 8.41. The van der Waals surface area contributed by atoms with Crippen molar-refractivity contribution in [2.45, 2.75) is 12.8 Å². The van der Waals surface area contributed by atoms with Crippen molar-refractivity contribution in [1.29, 1.82) is 0 Å². The third-order valence-corrected chi connectivity index (χ3v) is 5.14. The Bertz CT molecular complexity index is 1080. The number of nitro benzene ring substituents is 1. The number of anilines is 2. The van der Waals surface area contributed by atoms with Gasteiger partial charge in [0.15, 0.2) is 5.82 Å². The Morgan fingerprint density at radius 1 is 1.23 bits per heavy atom. The van der Waals surface area contributed by atoms with Gasteiger partial charge in [0.05, 0.1) is 10.8 Å². The van der Waals surface area contributed by atoms with Crippen molar-refractivity contribution in [3.8, 4) is 5.82 Å². The summed E-state index contributed by atoms with van der Waals surface area (Å²) in [4.78, 5) is 37.7. The van der Waals surface area contributed by atoms with Crippen LogP contribution in [-0.2, 0) is 4.79 Å². The Balaban J connectivity index is 1.46. The molecule has 4 rings (SSSR count). The molecule has 1 aliphatic rings. The van der Waals surface area contributed by atoms with Crippen molar-refractivity contribution >= 4 is 34.7 Å². The van der Waals surface area contributed by atoms with Crippen LogP contribution in [0.25, 0.3) is 5.82 Å². The lowest BCUT2D eigenvalue weighted by Crippen LogP contribution is -2.41. The molecule has 3 heterocycles. The van der Waals surface area contributed by atoms with Crippen LogP contribution in [0.2, 0.25) is 5.02 Å². The SMILES string of the molecule is O=C(Nc1ccc(Cl)c([N+](=O)[O-])c1)C1CCCN(c2cc(-n3cncn3)ncn2)C1. The number of benzene rings is 1. The molecular weight excluding hydrogens is 412 g/mol. The van der Waals surface area contributed by atoms with Crippen molar-refractivity contribution in [2.75, 3.05) is 23.3 Å². The molecule has 30 heavy (non-hydrogen) atoms. The number of carbonyl (C=O) groups is 1. The van der Waals surface area contributed by atoms with E-state index in [1.807, 2.05) is 4.90 Å². The van der Waals surface area contributed by atoms with Crippen LogP contribution in [0.1, 0.15) is 12.8 Å². The number of carbonyl (C=O) groups excluding carboxylic acids is 1. The minimum absolute atomic E-state index is 0.0220. The Hall–Kier alpha value is -3.60. The van der Waals surface area contributed by atoms with Gasteiger partial charge in [-0.15, -0.1) is 0 Å². The maximum Gasteiger partial charge on any atom is 0.289 e. The number of halogens is 1. The van der Waals surface area contributed by atoms with Crippen LogP contribution in [0.3, 0.4) is 0 Å². The maximum atomic E-state index is 12.8. The number of nitrogens with one attached hydrogen (secondary N) is 1. The van der Waals surface area contributed by atoms with Crippen LogP contribution in [0.5, 0.6) is 0 Å². The fourth-order valence-corrected chi connectivity index (χ4v) is 3.52. The smallest absolute Gasteiger partial charge is 0.289 e. The van der Waals surface area contributed by atoms with Gasteiger partial charge in [-0.3, -0.25) is 14.9 Å². The van der Waals surface area contributed by atoms with Gasteiger partial charge in [0.25, 0.3) is 5.69 Å². The van der Waals surface area contributed by atoms with E-state index < -0.39 is 4.92 Å². The molecule has 1 N–H and O–H groups in total. The first-order valence-corrected chi connectivity index (χ1v) is 9.56. The Morgan fingerprint density at radius 3 is 2.83 bits per heavy atom. The zero-order valence-electron chi connectivity index (χ0n) is 15.7. The predicted octanol–water partition coefficient (Wildman–Crippen LogP) is 2.47. The summed E-state index contributed by atoms with van der Waals surface area (Å²) >= 11 is 5.83. The number of amides is 1. The predicted molar refractivity (Wildman–Crippen MR) is 109 cm³/mol. The van der Waals surface area contributed by atoms with Gasteiger partial charge in [0, 0.05) is 30.9 Å². The lowest BCUT2D eigenvalue weighted by Gasteiger charge is -2.32. The molecule has 1 aromatic carbocycles. The summed E-state index contributed by atoms with van der Waals surface area (Å²) in [5.41, 5.74) is 0.0880. The molecule has 1 amide bonds. The Kier molecular flexibility index (Phi) is 5.53. The molecule has 154 valence electrons. The second-order valence-electron chi connectivity index (χ2n) is 6.77. The van der Waals surface area contributed by atoms with E-state index in [9.17, 15) is 14.9 Å². The summed E-state index contributed by atoms with van der Waals surface area (Å²) in [5.74, 6) is 0.771. The van der Waals surface area contributed by atoms with Gasteiger partial charge in [-0.1, -0.05) is 11.6 Å². The van der Waals surface area contributed by atoms with E-state index in [1.165, 1.54) is 29.5 Å². The summed E-state index contributed by atoms with van der Waals surface area (Å²) < 4.78 is 1.53. The summed E-state index contributed by atoms with van der Waals surface area (Å²) in [7, 11) is 0. The summed E-state index contributed by atoms with van der Waals surface area (Å²) in [6, 6.07) is 5.99. The van der Waals surface area contributed by atoms with Crippen molar-refractivity contribution in [1.82, 2.24) is 24.7 Å². The van der Waals surface area contributed by atoms with Gasteiger partial charge >= 0.3 is 0 Å². The fourth-order valence-electron chi connectivity index (χ4n) is 3.34. The number of nitro groups is 1. The van der Waals surface area contributed by atoms with Crippen LogP contribution in [0.15, 0.2) is 43.2 Å². The van der Waals surface area contributed by atoms with Gasteiger partial charge in [0.1, 0.15) is 29.8 Å². The zero-order chi connectivity index (χ0) is 21.1. The van der Waals surface area contributed by atoms with E-state index in [-0.39, 0.29) is 22.5 Å². The minimum Gasteiger partial charge on any atom is -0.356 e. The summed E-state index contributed by atoms with van der Waals surface area (Å²) in [6.07, 6.45) is 5.93. The number of nitrogens with zero attached hydrogens (tertiary/aromatic N) is 7. The highest BCUT2D eigenvalue weighted by Crippen LogP contribution is 2.28. The van der Waals surface area contributed by atoms with Crippen molar-refractivity contribution < 1.29 is 9.72 Å². The van der Waals surface area contributed by atoms with Gasteiger partial charge in [-0.25, -0.2) is 19.6 Å². The van der Waals surface area contributed by atoms with Gasteiger partial charge in [0.2, 0.25) is 5.91 Å². The zero-order valence-corrected chi connectivity index (χ0v) is 16.4. The molecule has 1 aliphatic heterocycles. The highest BCUT2D eigenvalue weighted by atomic mass is 35.5. The highest BCUT2D eigenvalue weighted by Gasteiger charge is 2.27. The quantitative estimate of drug-likeness (QED) is 0.484. The summed E-state index contributed by atoms with van der Waals surface area (Å²) in [5, 5.41) is 17.9. The molecule has 0 saturated carbocycles. The number of hydrogen-bond donors (Lipinski definition) is 1. The molecule has 1 saturated heterocycles. The first-order valence-electron chi connectivity index (χ1n) is 9.18. The molecule has 0 spiro atoms. The van der Waals surface area contributed by atoms with Gasteiger partial charge < -0.3 is 10.2 Å². The minimum atomic E-state index is -0.581. The number of piperidine rings is 1. The molecule has 12 heteroatoms. The van der Waals surface area contributed by atoms with E-state index in [1.54, 1.807) is 18.5 Å². The lowest BCUT2D eigenvalue weighted by atomic mass is 9.97. The number of hydrogen-bond acceptors (Lipinski definition) is 8. The van der Waals surface area contributed by atoms with Crippen LogP contribution < -0.4 is 10.2 Å². The molecule has 0 radical (unpaired) electrons. The molecule has 1 unspecified atom stereocenters. The Labute approximate surface area is 175 Å². The van der Waals surface area contributed by atoms with Crippen LogP contribution in [0.4, 0.5) is 17.2 Å². The Morgan fingerprint density at radius 2 is 2.07 bits per heavy atom. The third kappa shape index (κ3) is 4.20. The average Bonchev–Trinajstić information content (AvgIpc) is 3.30. The number of rotatable bonds is 5. The van der Waals surface area contributed by atoms with E-state index in [0.717, 1.165) is 13.0 Å². The first-order chi connectivity index (χ1) is 14.5. The topological polar surface area (TPSA) is 132 Å². The van der Waals surface area contributed by atoms with Gasteiger partial charge in [-0.05, 0) is 25.0 Å². The largest absolute Gasteiger partial charge is 0.356 e. The normalized spacial score (nSPS) is 16.3. The molecular formula is C18H17ClN8O3. The second-order valence-corrected chi connectivity index (χ2v) is 7.18. The van der Waals surface area contributed by atoms with E-state index in [4.69, 9.17) is 11.6 Å². The van der Waals surface area contributed by atoms with E-state index in [0.29, 0.717) is 30.3 Å². The highest BCUT2D eigenvalue weighted by molar-refractivity contribution is 6.32. The molecule has 0 aliphatic carbocycles. The lowest BCUT2D eigenvalue weighted by molar-refractivity contribution is -0.384. The van der Waals surface area contributed by atoms with Crippen molar-refractivity contribution in [2.24, 2.45) is 5.92 Å². The fraction of sp³-hybridized carbons (Fsp3) is 0.278. The molecule has 3 aromatic rings. The van der Waals surface area contributed by atoms with Gasteiger partial charge in [-0.2, -0.15) is 5.10 Å². The summed E-state index contributed by atoms with van der Waals surface area (Å²) in [6.45, 7) is 1.22. The van der Waals surface area contributed by atoms with Crippen LogP contribution in [-0.4, -0.2) is 48.7 Å². The number of aromatic nitrogens is 5. The standard InChI is InChI=1S/C18H17ClN8O3/c19-14-4-3-13(6-15(14)27(29)30)24-18(28)12-2-1-5-25(8-12)16-7-17(22-10-21-16)26-11-20-9-23-26/h3-4,6-7,9-12H,1-2,5,8H2,(H,24,28). The van der Waals surface area contributed by atoms with Crippen molar-refractivity contribution in [3.05, 3.63) is 58.4 Å². The average molecular weight is 429 g/mol. The molecule has 0 bridgehead atoms. The molecule has 2 aromatic heterocycles. The third-order valence-electron chi connectivity index (χ3n) is 4.82. The monoisotopic (exact) mass is 428 g/mol. The van der Waals surface area contributed by atoms with Crippen molar-refractivity contribution in [3.63, 3.8) is 0 Å².